The third kappa shape index (κ3) is 6.91. The molecule has 0 aliphatic heterocycles. The summed E-state index contributed by atoms with van der Waals surface area (Å²) >= 11 is 6.70. The van der Waals surface area contributed by atoms with Gasteiger partial charge in [-0.15, -0.1) is 0 Å². The predicted octanol–water partition coefficient (Wildman–Crippen LogP) is 3.98. The number of carbonyl (C=O) groups excluding carboxylic acids is 1. The van der Waals surface area contributed by atoms with Crippen LogP contribution < -0.4 is 10.6 Å². The zero-order chi connectivity index (χ0) is 15.0. The van der Waals surface area contributed by atoms with Crippen molar-refractivity contribution >= 4 is 49.5 Å². The van der Waals surface area contributed by atoms with Gasteiger partial charge in [-0.1, -0.05) is 22.4 Å². The summed E-state index contributed by atoms with van der Waals surface area (Å²) in [6, 6.07) is 5.21. The van der Waals surface area contributed by atoms with Gasteiger partial charge in [0.05, 0.1) is 5.69 Å². The Balaban J connectivity index is 2.22. The minimum atomic E-state index is -0.782. The zero-order valence-electron chi connectivity index (χ0n) is 10.8. The fourth-order valence-electron chi connectivity index (χ4n) is 1.54. The second-order valence-electron chi connectivity index (χ2n) is 4.21. The number of benzene rings is 1. The molecule has 1 aromatic carbocycles. The number of hydrogen-bond donors (Lipinski definition) is 3. The van der Waals surface area contributed by atoms with E-state index in [9.17, 15) is 9.59 Å². The molecule has 0 spiro atoms. The fourth-order valence-corrected chi connectivity index (χ4v) is 2.68. The minimum Gasteiger partial charge on any atom is -0.481 e. The van der Waals surface area contributed by atoms with Gasteiger partial charge in [0.25, 0.3) is 0 Å². The van der Waals surface area contributed by atoms with E-state index in [1.807, 2.05) is 12.1 Å². The van der Waals surface area contributed by atoms with E-state index in [4.69, 9.17) is 5.11 Å². The van der Waals surface area contributed by atoms with Crippen LogP contribution in [0.25, 0.3) is 0 Å². The Hall–Kier alpha value is -1.08. The van der Waals surface area contributed by atoms with Crippen molar-refractivity contribution in [2.45, 2.75) is 25.7 Å². The Morgan fingerprint density at radius 3 is 2.55 bits per heavy atom. The molecule has 0 saturated carbocycles. The first-order chi connectivity index (χ1) is 9.49. The van der Waals surface area contributed by atoms with Crippen molar-refractivity contribution in [2.24, 2.45) is 0 Å². The Morgan fingerprint density at radius 2 is 1.90 bits per heavy atom. The molecule has 0 unspecified atom stereocenters. The Labute approximate surface area is 134 Å². The molecule has 0 radical (unpaired) electrons. The normalized spacial score (nSPS) is 10.1. The summed E-state index contributed by atoms with van der Waals surface area (Å²) in [4.78, 5) is 22.0. The molecule has 20 heavy (non-hydrogen) atoms. The first-order valence-electron chi connectivity index (χ1n) is 6.20. The number of carboxylic acid groups (broad SMARTS) is 1. The van der Waals surface area contributed by atoms with E-state index in [1.54, 1.807) is 6.07 Å². The van der Waals surface area contributed by atoms with Gasteiger partial charge in [0.15, 0.2) is 0 Å². The molecular formula is C13H16Br2N2O3. The SMILES string of the molecule is O=C(O)CCCCCNC(=O)Nc1ccc(Br)cc1Br. The maximum absolute atomic E-state index is 11.6. The van der Waals surface area contributed by atoms with E-state index in [0.29, 0.717) is 18.7 Å². The second-order valence-corrected chi connectivity index (χ2v) is 5.98. The lowest BCUT2D eigenvalue weighted by Gasteiger charge is -2.09. The van der Waals surface area contributed by atoms with E-state index < -0.39 is 5.97 Å². The van der Waals surface area contributed by atoms with E-state index >= 15 is 0 Å². The standard InChI is InChI=1S/C13H16Br2N2O3/c14-9-5-6-11(10(15)8-9)17-13(20)16-7-3-1-2-4-12(18)19/h5-6,8H,1-4,7H2,(H,18,19)(H2,16,17,20). The van der Waals surface area contributed by atoms with Gasteiger partial charge in [0.2, 0.25) is 0 Å². The Bertz CT molecular complexity index is 481. The maximum Gasteiger partial charge on any atom is 0.319 e. The maximum atomic E-state index is 11.6. The molecule has 0 heterocycles. The van der Waals surface area contributed by atoms with Gasteiger partial charge in [0, 0.05) is 21.9 Å². The number of hydrogen-bond acceptors (Lipinski definition) is 2. The molecule has 5 nitrogen and oxygen atoms in total. The highest BCUT2D eigenvalue weighted by atomic mass is 79.9. The van der Waals surface area contributed by atoms with Crippen LogP contribution in [0.15, 0.2) is 27.1 Å². The smallest absolute Gasteiger partial charge is 0.319 e. The van der Waals surface area contributed by atoms with Crippen LogP contribution in [-0.4, -0.2) is 23.7 Å². The lowest BCUT2D eigenvalue weighted by molar-refractivity contribution is -0.137. The molecule has 2 amide bonds. The fraction of sp³-hybridized carbons (Fsp3) is 0.385. The highest BCUT2D eigenvalue weighted by molar-refractivity contribution is 9.11. The largest absolute Gasteiger partial charge is 0.481 e. The number of rotatable bonds is 7. The highest BCUT2D eigenvalue weighted by Crippen LogP contribution is 2.25. The summed E-state index contributed by atoms with van der Waals surface area (Å²) in [7, 11) is 0. The second kappa shape index (κ2) is 8.97. The van der Waals surface area contributed by atoms with E-state index in [1.165, 1.54) is 0 Å². The minimum absolute atomic E-state index is 0.179. The molecule has 0 fully saturated rings. The number of nitrogens with one attached hydrogen (secondary N) is 2. The Morgan fingerprint density at radius 1 is 1.15 bits per heavy atom. The average molecular weight is 408 g/mol. The van der Waals surface area contributed by atoms with Gasteiger partial charge in [-0.25, -0.2) is 4.79 Å². The zero-order valence-corrected chi connectivity index (χ0v) is 14.0. The number of carbonyl (C=O) groups is 2. The summed E-state index contributed by atoms with van der Waals surface area (Å²) in [6.07, 6.45) is 2.37. The quantitative estimate of drug-likeness (QED) is 0.598. The molecule has 0 bridgehead atoms. The van der Waals surface area contributed by atoms with Crippen molar-refractivity contribution in [3.05, 3.63) is 27.1 Å². The number of amides is 2. The van der Waals surface area contributed by atoms with Gasteiger partial charge in [0.1, 0.15) is 0 Å². The van der Waals surface area contributed by atoms with Crippen molar-refractivity contribution in [1.82, 2.24) is 5.32 Å². The van der Waals surface area contributed by atoms with Crippen LogP contribution in [0.3, 0.4) is 0 Å². The number of aliphatic carboxylic acids is 1. The summed E-state index contributed by atoms with van der Waals surface area (Å²) in [5.74, 6) is -0.782. The number of carboxylic acids is 1. The van der Waals surface area contributed by atoms with Crippen LogP contribution >= 0.6 is 31.9 Å². The number of urea groups is 1. The lowest BCUT2D eigenvalue weighted by Crippen LogP contribution is -2.29. The highest BCUT2D eigenvalue weighted by Gasteiger charge is 2.05. The molecule has 0 saturated heterocycles. The first kappa shape index (κ1) is 17.0. The first-order valence-corrected chi connectivity index (χ1v) is 7.79. The van der Waals surface area contributed by atoms with Crippen LogP contribution in [0.5, 0.6) is 0 Å². The molecule has 0 aliphatic carbocycles. The molecule has 1 aromatic rings. The molecule has 0 aliphatic rings. The van der Waals surface area contributed by atoms with Gasteiger partial charge in [-0.05, 0) is 47.0 Å². The van der Waals surface area contributed by atoms with Crippen molar-refractivity contribution in [3.63, 3.8) is 0 Å². The summed E-state index contributed by atoms with van der Waals surface area (Å²) in [6.45, 7) is 0.527. The van der Waals surface area contributed by atoms with E-state index in [2.05, 4.69) is 42.5 Å². The third-order valence-electron chi connectivity index (χ3n) is 2.53. The number of unbranched alkanes of at least 4 members (excludes halogenated alkanes) is 2. The Kier molecular flexibility index (Phi) is 7.61. The lowest BCUT2D eigenvalue weighted by atomic mass is 10.2. The van der Waals surface area contributed by atoms with Crippen molar-refractivity contribution in [3.8, 4) is 0 Å². The van der Waals surface area contributed by atoms with Crippen LogP contribution in [0, 0.1) is 0 Å². The van der Waals surface area contributed by atoms with Gasteiger partial charge < -0.3 is 15.7 Å². The van der Waals surface area contributed by atoms with Gasteiger partial charge in [-0.2, -0.15) is 0 Å². The summed E-state index contributed by atoms with van der Waals surface area (Å²) in [5, 5.41) is 13.9. The van der Waals surface area contributed by atoms with Crippen LogP contribution in [-0.2, 0) is 4.79 Å². The molecule has 0 aromatic heterocycles. The van der Waals surface area contributed by atoms with Gasteiger partial charge >= 0.3 is 12.0 Å². The number of anilines is 1. The predicted molar refractivity (Wildman–Crippen MR) is 85.0 cm³/mol. The van der Waals surface area contributed by atoms with Crippen molar-refractivity contribution < 1.29 is 14.7 Å². The molecule has 110 valence electrons. The van der Waals surface area contributed by atoms with Crippen LogP contribution in [0.2, 0.25) is 0 Å². The molecular weight excluding hydrogens is 392 g/mol. The van der Waals surface area contributed by atoms with Crippen LogP contribution in [0.1, 0.15) is 25.7 Å². The summed E-state index contributed by atoms with van der Waals surface area (Å²) in [5.41, 5.74) is 0.691. The molecule has 1 rings (SSSR count). The monoisotopic (exact) mass is 406 g/mol. The van der Waals surface area contributed by atoms with Crippen molar-refractivity contribution in [1.29, 1.82) is 0 Å². The molecule has 7 heteroatoms. The van der Waals surface area contributed by atoms with Crippen molar-refractivity contribution in [2.75, 3.05) is 11.9 Å². The molecule has 0 atom stereocenters. The average Bonchev–Trinajstić information content (AvgIpc) is 2.36. The van der Waals surface area contributed by atoms with E-state index in [0.717, 1.165) is 21.8 Å². The van der Waals surface area contributed by atoms with Gasteiger partial charge in [-0.3, -0.25) is 4.79 Å². The number of halogens is 2. The van der Waals surface area contributed by atoms with E-state index in [-0.39, 0.29) is 12.5 Å². The summed E-state index contributed by atoms with van der Waals surface area (Å²) < 4.78 is 1.72. The van der Waals surface area contributed by atoms with Crippen LogP contribution in [0.4, 0.5) is 10.5 Å². The molecule has 3 N–H and O–H groups in total. The third-order valence-corrected chi connectivity index (χ3v) is 3.68. The topological polar surface area (TPSA) is 78.4 Å².